The smallest absolute Gasteiger partial charge is 0.122 e. The van der Waals surface area contributed by atoms with Gasteiger partial charge in [0, 0.05) is 11.3 Å². The molecule has 0 radical (unpaired) electrons. The van der Waals surface area contributed by atoms with E-state index in [-0.39, 0.29) is 5.38 Å². The highest BCUT2D eigenvalue weighted by molar-refractivity contribution is 9.11. The highest BCUT2D eigenvalue weighted by Gasteiger charge is 2.17. The molecule has 0 amide bonds. The molecule has 0 aliphatic carbocycles. The van der Waals surface area contributed by atoms with E-state index in [0.717, 1.165) is 33.0 Å². The number of benzene rings is 1. The molecule has 88 valence electrons. The first-order valence-electron chi connectivity index (χ1n) is 5.39. The summed E-state index contributed by atoms with van der Waals surface area (Å²) in [5.41, 5.74) is 2.41. The maximum absolute atomic E-state index is 6.50. The van der Waals surface area contributed by atoms with Gasteiger partial charge in [0.05, 0.1) is 15.8 Å². The number of fused-ring (bicyclic) bond motifs is 1. The lowest BCUT2D eigenvalue weighted by Gasteiger charge is -2.09. The van der Waals surface area contributed by atoms with Crippen molar-refractivity contribution in [1.29, 1.82) is 0 Å². The van der Waals surface area contributed by atoms with Crippen molar-refractivity contribution in [2.24, 2.45) is 0 Å². The summed E-state index contributed by atoms with van der Waals surface area (Å²) in [6.07, 6.45) is 0.987. The molecule has 0 fully saturated rings. The van der Waals surface area contributed by atoms with Crippen molar-refractivity contribution < 1.29 is 4.74 Å². The monoisotopic (exact) mass is 328 g/mol. The summed E-state index contributed by atoms with van der Waals surface area (Å²) >= 11 is 11.6. The summed E-state index contributed by atoms with van der Waals surface area (Å²) < 4.78 is 6.61. The van der Waals surface area contributed by atoms with E-state index >= 15 is 0 Å². The van der Waals surface area contributed by atoms with E-state index in [4.69, 9.17) is 16.3 Å². The van der Waals surface area contributed by atoms with Crippen LogP contribution in [0.4, 0.5) is 0 Å². The highest BCUT2D eigenvalue weighted by Crippen LogP contribution is 2.37. The third kappa shape index (κ3) is 2.24. The molecule has 1 aliphatic heterocycles. The fourth-order valence-corrected chi connectivity index (χ4v) is 3.76. The zero-order valence-corrected chi connectivity index (χ0v) is 12.1. The van der Waals surface area contributed by atoms with E-state index in [2.05, 4.69) is 34.1 Å². The van der Waals surface area contributed by atoms with Crippen molar-refractivity contribution in [2.45, 2.75) is 11.8 Å². The Morgan fingerprint density at radius 3 is 2.94 bits per heavy atom. The van der Waals surface area contributed by atoms with Gasteiger partial charge in [0.2, 0.25) is 0 Å². The Kier molecular flexibility index (Phi) is 3.16. The van der Waals surface area contributed by atoms with Crippen molar-refractivity contribution in [3.8, 4) is 5.75 Å². The van der Waals surface area contributed by atoms with Gasteiger partial charge in [-0.3, -0.25) is 0 Å². The molecule has 17 heavy (non-hydrogen) atoms. The van der Waals surface area contributed by atoms with E-state index in [1.165, 1.54) is 5.56 Å². The third-order valence-electron chi connectivity index (χ3n) is 2.85. The minimum atomic E-state index is -0.0720. The van der Waals surface area contributed by atoms with Gasteiger partial charge in [-0.15, -0.1) is 22.9 Å². The third-order valence-corrected chi connectivity index (χ3v) is 5.15. The topological polar surface area (TPSA) is 9.23 Å². The van der Waals surface area contributed by atoms with Gasteiger partial charge in [-0.05, 0) is 45.3 Å². The van der Waals surface area contributed by atoms with Crippen molar-refractivity contribution in [3.05, 3.63) is 50.1 Å². The van der Waals surface area contributed by atoms with Gasteiger partial charge in [0.1, 0.15) is 5.75 Å². The van der Waals surface area contributed by atoms with E-state index in [9.17, 15) is 0 Å². The minimum Gasteiger partial charge on any atom is -0.493 e. The highest BCUT2D eigenvalue weighted by atomic mass is 79.9. The summed E-state index contributed by atoms with van der Waals surface area (Å²) in [7, 11) is 0. The predicted octanol–water partition coefficient (Wildman–Crippen LogP) is 4.77. The zero-order valence-electron chi connectivity index (χ0n) is 8.95. The van der Waals surface area contributed by atoms with E-state index in [1.807, 2.05) is 12.1 Å². The zero-order chi connectivity index (χ0) is 11.8. The van der Waals surface area contributed by atoms with E-state index < -0.39 is 0 Å². The van der Waals surface area contributed by atoms with Gasteiger partial charge in [-0.2, -0.15) is 0 Å². The molecule has 1 nitrogen and oxygen atoms in total. The molecule has 1 atom stereocenters. The normalized spacial score (nSPS) is 15.4. The molecule has 2 heterocycles. The van der Waals surface area contributed by atoms with Crippen LogP contribution in [0.1, 0.15) is 21.4 Å². The summed E-state index contributed by atoms with van der Waals surface area (Å²) in [5, 5.41) is -0.0720. The molecule has 0 saturated heterocycles. The maximum Gasteiger partial charge on any atom is 0.122 e. The number of halogens is 2. The second-order valence-corrected chi connectivity index (χ2v) is 6.90. The van der Waals surface area contributed by atoms with Crippen LogP contribution in [0.3, 0.4) is 0 Å². The van der Waals surface area contributed by atoms with Crippen LogP contribution in [-0.4, -0.2) is 6.61 Å². The first-order valence-corrected chi connectivity index (χ1v) is 7.43. The van der Waals surface area contributed by atoms with Crippen LogP contribution in [0.2, 0.25) is 0 Å². The fourth-order valence-electron chi connectivity index (χ4n) is 1.99. The van der Waals surface area contributed by atoms with Crippen LogP contribution in [0.5, 0.6) is 5.75 Å². The summed E-state index contributed by atoms with van der Waals surface area (Å²) in [6, 6.07) is 10.3. The van der Waals surface area contributed by atoms with Crippen LogP contribution >= 0.6 is 38.9 Å². The Morgan fingerprint density at radius 2 is 2.18 bits per heavy atom. The lowest BCUT2D eigenvalue weighted by atomic mass is 10.1. The van der Waals surface area contributed by atoms with Gasteiger partial charge in [0.15, 0.2) is 0 Å². The fraction of sp³-hybridized carbons (Fsp3) is 0.231. The molecule has 0 N–H and O–H groups in total. The Hall–Kier alpha value is -0.510. The number of hydrogen-bond donors (Lipinski definition) is 0. The van der Waals surface area contributed by atoms with Crippen LogP contribution in [0, 0.1) is 0 Å². The molecule has 1 aliphatic rings. The summed E-state index contributed by atoms with van der Waals surface area (Å²) in [6.45, 7) is 0.788. The second-order valence-electron chi connectivity index (χ2n) is 3.97. The Labute approximate surface area is 118 Å². The maximum atomic E-state index is 6.50. The summed E-state index contributed by atoms with van der Waals surface area (Å²) in [5.74, 6) is 1.00. The van der Waals surface area contributed by atoms with Crippen molar-refractivity contribution in [1.82, 2.24) is 0 Å². The number of alkyl halides is 1. The predicted molar refractivity (Wildman–Crippen MR) is 75.4 cm³/mol. The SMILES string of the molecule is ClC(c1ccc2c(c1)CCO2)c1ccc(Br)s1. The molecule has 2 aromatic rings. The molecule has 0 bridgehead atoms. The minimum absolute atomic E-state index is 0.0720. The van der Waals surface area contributed by atoms with Crippen molar-refractivity contribution in [3.63, 3.8) is 0 Å². The van der Waals surface area contributed by atoms with E-state index in [1.54, 1.807) is 11.3 Å². The van der Waals surface area contributed by atoms with Crippen LogP contribution in [0.15, 0.2) is 34.1 Å². The molecular weight excluding hydrogens is 320 g/mol. The molecule has 0 spiro atoms. The van der Waals surface area contributed by atoms with Gasteiger partial charge < -0.3 is 4.74 Å². The average Bonchev–Trinajstić information content (AvgIpc) is 2.95. The van der Waals surface area contributed by atoms with Gasteiger partial charge >= 0.3 is 0 Å². The summed E-state index contributed by atoms with van der Waals surface area (Å²) in [4.78, 5) is 1.16. The number of thiophene rings is 1. The van der Waals surface area contributed by atoms with Crippen molar-refractivity contribution >= 4 is 38.9 Å². The first kappa shape index (κ1) is 11.6. The Bertz CT molecular complexity index is 552. The average molecular weight is 330 g/mol. The number of ether oxygens (including phenoxy) is 1. The van der Waals surface area contributed by atoms with Gasteiger partial charge in [-0.1, -0.05) is 12.1 Å². The molecular formula is C13H10BrClOS. The Morgan fingerprint density at radius 1 is 1.29 bits per heavy atom. The van der Waals surface area contributed by atoms with Crippen LogP contribution in [-0.2, 0) is 6.42 Å². The quantitative estimate of drug-likeness (QED) is 0.721. The lowest BCUT2D eigenvalue weighted by Crippen LogP contribution is -1.91. The number of hydrogen-bond acceptors (Lipinski definition) is 2. The van der Waals surface area contributed by atoms with Crippen molar-refractivity contribution in [2.75, 3.05) is 6.61 Å². The van der Waals surface area contributed by atoms with Crippen LogP contribution < -0.4 is 4.74 Å². The molecule has 1 unspecified atom stereocenters. The number of rotatable bonds is 2. The first-order chi connectivity index (χ1) is 8.24. The second kappa shape index (κ2) is 4.63. The van der Waals surface area contributed by atoms with Crippen LogP contribution in [0.25, 0.3) is 0 Å². The standard InChI is InChI=1S/C13H10BrClOS/c14-12-4-3-11(17-12)13(15)9-1-2-10-8(7-9)5-6-16-10/h1-4,7,13H,5-6H2. The molecule has 1 aromatic carbocycles. The largest absolute Gasteiger partial charge is 0.493 e. The van der Waals surface area contributed by atoms with Gasteiger partial charge in [-0.25, -0.2) is 0 Å². The van der Waals surface area contributed by atoms with E-state index in [0.29, 0.717) is 0 Å². The molecule has 0 saturated carbocycles. The Balaban J connectivity index is 1.94. The molecule has 1 aromatic heterocycles. The van der Waals surface area contributed by atoms with Gasteiger partial charge in [0.25, 0.3) is 0 Å². The molecule has 3 rings (SSSR count). The lowest BCUT2D eigenvalue weighted by molar-refractivity contribution is 0.357. The molecule has 4 heteroatoms.